The van der Waals surface area contributed by atoms with Crippen molar-refractivity contribution in [3.63, 3.8) is 0 Å². The van der Waals surface area contributed by atoms with Gasteiger partial charge in [0.2, 0.25) is 10.0 Å². The lowest BCUT2D eigenvalue weighted by molar-refractivity contribution is 0.102. The maximum atomic E-state index is 13.7. The van der Waals surface area contributed by atoms with Crippen LogP contribution in [0.2, 0.25) is 5.02 Å². The summed E-state index contributed by atoms with van der Waals surface area (Å²) in [6.45, 7) is 0.448. The Balaban J connectivity index is 1.76. The Bertz CT molecular complexity index is 885. The van der Waals surface area contributed by atoms with Gasteiger partial charge in [-0.05, 0) is 48.9 Å². The molecular formula is C16H14ClFN2O3S. The van der Waals surface area contributed by atoms with E-state index in [4.69, 9.17) is 11.6 Å². The van der Waals surface area contributed by atoms with Crippen molar-refractivity contribution < 1.29 is 17.6 Å². The first kappa shape index (κ1) is 16.7. The lowest BCUT2D eigenvalue weighted by atomic mass is 10.2. The summed E-state index contributed by atoms with van der Waals surface area (Å²) in [6, 6.07) is 10.2. The van der Waals surface area contributed by atoms with Crippen LogP contribution in [0.25, 0.3) is 0 Å². The Hall–Kier alpha value is -2.12. The smallest absolute Gasteiger partial charge is 0.258 e. The van der Waals surface area contributed by atoms with E-state index >= 15 is 0 Å². The first-order chi connectivity index (χ1) is 11.4. The van der Waals surface area contributed by atoms with Crippen molar-refractivity contribution in [2.24, 2.45) is 0 Å². The third-order valence-corrected chi connectivity index (χ3v) is 5.79. The van der Waals surface area contributed by atoms with Crippen LogP contribution in [0.15, 0.2) is 42.5 Å². The second-order valence-electron chi connectivity index (χ2n) is 5.37. The van der Waals surface area contributed by atoms with E-state index in [0.29, 0.717) is 24.3 Å². The molecule has 0 spiro atoms. The fraction of sp³-hybridized carbons (Fsp3) is 0.188. The number of halogens is 2. The van der Waals surface area contributed by atoms with Gasteiger partial charge in [-0.15, -0.1) is 0 Å². The number of benzene rings is 2. The Morgan fingerprint density at radius 3 is 2.46 bits per heavy atom. The van der Waals surface area contributed by atoms with Gasteiger partial charge in [0, 0.05) is 17.3 Å². The zero-order chi connectivity index (χ0) is 17.3. The minimum atomic E-state index is -3.24. The van der Waals surface area contributed by atoms with Crippen molar-refractivity contribution >= 4 is 38.9 Å². The van der Waals surface area contributed by atoms with Crippen molar-refractivity contribution in [1.82, 2.24) is 0 Å². The number of anilines is 2. The number of hydrogen-bond acceptors (Lipinski definition) is 3. The minimum Gasteiger partial charge on any atom is -0.322 e. The molecule has 1 heterocycles. The molecule has 8 heteroatoms. The van der Waals surface area contributed by atoms with Crippen molar-refractivity contribution in [1.29, 1.82) is 0 Å². The van der Waals surface area contributed by atoms with Crippen LogP contribution < -0.4 is 9.62 Å². The van der Waals surface area contributed by atoms with Crippen molar-refractivity contribution in [2.45, 2.75) is 6.42 Å². The highest BCUT2D eigenvalue weighted by molar-refractivity contribution is 7.93. The van der Waals surface area contributed by atoms with Crippen LogP contribution in [-0.4, -0.2) is 26.6 Å². The van der Waals surface area contributed by atoms with E-state index in [-0.39, 0.29) is 16.3 Å². The van der Waals surface area contributed by atoms with Crippen molar-refractivity contribution in [3.05, 3.63) is 58.9 Å². The van der Waals surface area contributed by atoms with E-state index in [1.165, 1.54) is 16.4 Å². The van der Waals surface area contributed by atoms with Crippen LogP contribution in [0.3, 0.4) is 0 Å². The first-order valence-electron chi connectivity index (χ1n) is 7.24. The average Bonchev–Trinajstić information content (AvgIpc) is 2.87. The lowest BCUT2D eigenvalue weighted by Gasteiger charge is -2.17. The molecule has 5 nitrogen and oxygen atoms in total. The first-order valence-corrected chi connectivity index (χ1v) is 9.22. The normalized spacial score (nSPS) is 16.2. The van der Waals surface area contributed by atoms with E-state index in [1.54, 1.807) is 24.3 Å². The van der Waals surface area contributed by atoms with Gasteiger partial charge in [-0.3, -0.25) is 9.10 Å². The second kappa shape index (κ2) is 6.41. The molecule has 0 saturated carbocycles. The van der Waals surface area contributed by atoms with Gasteiger partial charge in [0.1, 0.15) is 5.82 Å². The second-order valence-corrected chi connectivity index (χ2v) is 7.82. The number of rotatable bonds is 3. The lowest BCUT2D eigenvalue weighted by Crippen LogP contribution is -2.25. The quantitative estimate of drug-likeness (QED) is 0.904. The van der Waals surface area contributed by atoms with Crippen LogP contribution in [0.5, 0.6) is 0 Å². The monoisotopic (exact) mass is 368 g/mol. The zero-order valence-corrected chi connectivity index (χ0v) is 14.1. The van der Waals surface area contributed by atoms with Crippen LogP contribution in [0, 0.1) is 5.82 Å². The molecule has 126 valence electrons. The molecule has 0 aliphatic carbocycles. The van der Waals surface area contributed by atoms with Crippen LogP contribution in [-0.2, 0) is 10.0 Å². The Labute approximate surface area is 144 Å². The van der Waals surface area contributed by atoms with Crippen LogP contribution >= 0.6 is 11.6 Å². The molecule has 1 N–H and O–H groups in total. The Kier molecular flexibility index (Phi) is 4.47. The summed E-state index contributed by atoms with van der Waals surface area (Å²) in [5.74, 6) is -1.17. The van der Waals surface area contributed by atoms with Gasteiger partial charge in [-0.25, -0.2) is 12.8 Å². The summed E-state index contributed by atoms with van der Waals surface area (Å²) in [5, 5.41) is 2.78. The predicted molar refractivity (Wildman–Crippen MR) is 91.6 cm³/mol. The van der Waals surface area contributed by atoms with Crippen LogP contribution in [0.4, 0.5) is 15.8 Å². The van der Waals surface area contributed by atoms with Gasteiger partial charge < -0.3 is 5.32 Å². The van der Waals surface area contributed by atoms with Crippen molar-refractivity contribution in [2.75, 3.05) is 21.9 Å². The van der Waals surface area contributed by atoms with Gasteiger partial charge in [0.15, 0.2) is 0 Å². The van der Waals surface area contributed by atoms with Crippen LogP contribution in [0.1, 0.15) is 16.8 Å². The van der Waals surface area contributed by atoms with E-state index in [0.717, 1.165) is 6.07 Å². The summed E-state index contributed by atoms with van der Waals surface area (Å²) < 4.78 is 38.8. The highest BCUT2D eigenvalue weighted by Gasteiger charge is 2.28. The number of sulfonamides is 1. The van der Waals surface area contributed by atoms with Gasteiger partial charge >= 0.3 is 0 Å². The summed E-state index contributed by atoms with van der Waals surface area (Å²) in [7, 11) is -3.24. The molecule has 0 aromatic heterocycles. The average molecular weight is 369 g/mol. The topological polar surface area (TPSA) is 66.5 Å². The molecule has 1 saturated heterocycles. The molecule has 1 amide bonds. The van der Waals surface area contributed by atoms with Crippen molar-refractivity contribution in [3.8, 4) is 0 Å². The van der Waals surface area contributed by atoms with E-state index in [2.05, 4.69) is 5.32 Å². The molecule has 2 aromatic carbocycles. The Morgan fingerprint density at radius 1 is 1.17 bits per heavy atom. The third-order valence-electron chi connectivity index (χ3n) is 3.69. The van der Waals surface area contributed by atoms with E-state index in [1.807, 2.05) is 0 Å². The number of nitrogens with one attached hydrogen (secondary N) is 1. The third kappa shape index (κ3) is 3.37. The van der Waals surface area contributed by atoms with Gasteiger partial charge in [0.05, 0.1) is 17.0 Å². The van der Waals surface area contributed by atoms with Gasteiger partial charge in [-0.2, -0.15) is 0 Å². The largest absolute Gasteiger partial charge is 0.322 e. The molecule has 24 heavy (non-hydrogen) atoms. The summed E-state index contributed by atoms with van der Waals surface area (Å²) in [5.41, 5.74) is 0.864. The molecule has 0 bridgehead atoms. The van der Waals surface area contributed by atoms with Gasteiger partial charge in [0.25, 0.3) is 5.91 Å². The summed E-state index contributed by atoms with van der Waals surface area (Å²) in [4.78, 5) is 12.1. The molecule has 0 radical (unpaired) electrons. The standard InChI is InChI=1S/C16H14ClFN2O3S/c17-11-2-7-14(15(18)10-11)16(21)19-12-3-5-13(6-4-12)20-8-1-9-24(20,22)23/h2-7,10H,1,8-9H2,(H,19,21). The summed E-state index contributed by atoms with van der Waals surface area (Å²) in [6.07, 6.45) is 0.594. The number of hydrogen-bond donors (Lipinski definition) is 1. The number of carbonyl (C=O) groups excluding carboxylic acids is 1. The molecule has 1 aliphatic rings. The summed E-state index contributed by atoms with van der Waals surface area (Å²) >= 11 is 5.66. The molecule has 2 aromatic rings. The molecule has 3 rings (SSSR count). The highest BCUT2D eigenvalue weighted by atomic mass is 35.5. The minimum absolute atomic E-state index is 0.120. The molecule has 0 atom stereocenters. The molecule has 0 unspecified atom stereocenters. The fourth-order valence-electron chi connectivity index (χ4n) is 2.51. The maximum Gasteiger partial charge on any atom is 0.258 e. The number of nitrogens with zero attached hydrogens (tertiary/aromatic N) is 1. The van der Waals surface area contributed by atoms with Gasteiger partial charge in [-0.1, -0.05) is 11.6 Å². The highest BCUT2D eigenvalue weighted by Crippen LogP contribution is 2.25. The predicted octanol–water partition coefficient (Wildman–Crippen LogP) is 3.27. The van der Waals surface area contributed by atoms with E-state index in [9.17, 15) is 17.6 Å². The number of carbonyl (C=O) groups is 1. The Morgan fingerprint density at radius 2 is 1.88 bits per heavy atom. The zero-order valence-electron chi connectivity index (χ0n) is 12.5. The maximum absolute atomic E-state index is 13.7. The fourth-order valence-corrected chi connectivity index (χ4v) is 4.24. The number of amides is 1. The molecule has 1 aliphatic heterocycles. The van der Waals surface area contributed by atoms with E-state index < -0.39 is 21.7 Å². The molecule has 1 fully saturated rings. The SMILES string of the molecule is O=C(Nc1ccc(N2CCCS2(=O)=O)cc1)c1ccc(Cl)cc1F. The molecular weight excluding hydrogens is 355 g/mol.